The molecule has 2 N–H and O–H groups in total. The summed E-state index contributed by atoms with van der Waals surface area (Å²) in [4.78, 5) is 1.62. The fourth-order valence-corrected chi connectivity index (χ4v) is 2.44. The third kappa shape index (κ3) is 5.01. The van der Waals surface area contributed by atoms with Gasteiger partial charge in [0.05, 0.1) is 6.42 Å². The first-order valence-electron chi connectivity index (χ1n) is 6.37. The zero-order chi connectivity index (χ0) is 14.8. The van der Waals surface area contributed by atoms with Gasteiger partial charge >= 0.3 is 6.18 Å². The Bertz CT molecular complexity index is 464. The first-order valence-corrected chi connectivity index (χ1v) is 6.37. The lowest BCUT2D eigenvalue weighted by atomic mass is 10.00. The Balaban J connectivity index is 0.00000220. The number of benzene rings is 1. The number of alkyl halides is 3. The summed E-state index contributed by atoms with van der Waals surface area (Å²) in [5.41, 5.74) is -0.0259. The van der Waals surface area contributed by atoms with Crippen LogP contribution in [0.4, 0.5) is 17.6 Å². The van der Waals surface area contributed by atoms with Crippen molar-refractivity contribution >= 4 is 12.4 Å². The Hall–Kier alpha value is -1.05. The van der Waals surface area contributed by atoms with Gasteiger partial charge in [-0.1, -0.05) is 6.07 Å². The Morgan fingerprint density at radius 3 is 2.38 bits per heavy atom. The fraction of sp³-hybridized carbons (Fsp3) is 0.538. The summed E-state index contributed by atoms with van der Waals surface area (Å²) in [5.74, 6) is -1.10. The smallest absolute Gasteiger partial charge is 0.390 e. The van der Waals surface area contributed by atoms with E-state index in [0.29, 0.717) is 26.2 Å². The molecule has 8 heteroatoms. The number of hydrogen-bond acceptors (Lipinski definition) is 3. The highest BCUT2D eigenvalue weighted by Gasteiger charge is 2.37. The van der Waals surface area contributed by atoms with Crippen molar-refractivity contribution in [2.75, 3.05) is 26.2 Å². The molecular weight excluding hydrogens is 312 g/mol. The van der Waals surface area contributed by atoms with Crippen molar-refractivity contribution in [2.45, 2.75) is 18.6 Å². The number of nitrogens with zero attached hydrogens (tertiary/aromatic N) is 1. The molecule has 0 bridgehead atoms. The van der Waals surface area contributed by atoms with E-state index in [4.69, 9.17) is 0 Å². The molecule has 0 saturated carbocycles. The van der Waals surface area contributed by atoms with E-state index in [9.17, 15) is 22.7 Å². The summed E-state index contributed by atoms with van der Waals surface area (Å²) in [6, 6.07) is 2.23. The van der Waals surface area contributed by atoms with Crippen LogP contribution in [0.5, 0.6) is 5.75 Å². The van der Waals surface area contributed by atoms with E-state index in [1.165, 1.54) is 12.1 Å². The molecule has 1 aliphatic heterocycles. The predicted octanol–water partition coefficient (Wildman–Crippen LogP) is 2.85. The monoisotopic (exact) mass is 328 g/mol. The van der Waals surface area contributed by atoms with E-state index in [0.717, 1.165) is 6.07 Å². The van der Waals surface area contributed by atoms with Crippen molar-refractivity contribution in [1.29, 1.82) is 0 Å². The summed E-state index contributed by atoms with van der Waals surface area (Å²) < 4.78 is 52.1. The van der Waals surface area contributed by atoms with E-state index in [2.05, 4.69) is 5.32 Å². The molecule has 0 radical (unpaired) electrons. The molecule has 1 fully saturated rings. The van der Waals surface area contributed by atoms with Gasteiger partial charge in [-0.05, 0) is 6.07 Å². The summed E-state index contributed by atoms with van der Waals surface area (Å²) in [6.45, 7) is 2.02. The summed E-state index contributed by atoms with van der Waals surface area (Å²) >= 11 is 0. The first-order chi connectivity index (χ1) is 9.37. The van der Waals surface area contributed by atoms with Crippen LogP contribution in [0.15, 0.2) is 18.2 Å². The van der Waals surface area contributed by atoms with Crippen molar-refractivity contribution in [1.82, 2.24) is 10.2 Å². The van der Waals surface area contributed by atoms with E-state index < -0.39 is 24.5 Å². The Morgan fingerprint density at radius 2 is 1.86 bits per heavy atom. The zero-order valence-electron chi connectivity index (χ0n) is 11.2. The maximum Gasteiger partial charge on any atom is 0.390 e. The van der Waals surface area contributed by atoms with Crippen LogP contribution in [0.1, 0.15) is 18.0 Å². The van der Waals surface area contributed by atoms with Crippen LogP contribution in [0, 0.1) is 5.82 Å². The number of phenols is 1. The van der Waals surface area contributed by atoms with E-state index in [-0.39, 0.29) is 23.7 Å². The van der Waals surface area contributed by atoms with Crippen LogP contribution in [0.2, 0.25) is 0 Å². The lowest BCUT2D eigenvalue weighted by molar-refractivity contribution is -0.149. The van der Waals surface area contributed by atoms with Gasteiger partial charge < -0.3 is 10.4 Å². The van der Waals surface area contributed by atoms with Crippen LogP contribution < -0.4 is 5.32 Å². The van der Waals surface area contributed by atoms with Gasteiger partial charge in [0.25, 0.3) is 0 Å². The van der Waals surface area contributed by atoms with Crippen molar-refractivity contribution in [3.05, 3.63) is 29.6 Å². The highest BCUT2D eigenvalue weighted by molar-refractivity contribution is 5.85. The van der Waals surface area contributed by atoms with Gasteiger partial charge in [0.1, 0.15) is 11.6 Å². The van der Waals surface area contributed by atoms with Crippen molar-refractivity contribution < 1.29 is 22.7 Å². The lowest BCUT2D eigenvalue weighted by Crippen LogP contribution is -2.46. The average Bonchev–Trinajstić information content (AvgIpc) is 2.36. The van der Waals surface area contributed by atoms with Gasteiger partial charge in [-0.25, -0.2) is 4.39 Å². The van der Waals surface area contributed by atoms with Gasteiger partial charge in [-0.2, -0.15) is 13.2 Å². The van der Waals surface area contributed by atoms with Crippen LogP contribution in [0.3, 0.4) is 0 Å². The number of rotatable bonds is 3. The Kier molecular flexibility index (Phi) is 6.24. The quantitative estimate of drug-likeness (QED) is 0.838. The molecule has 21 heavy (non-hydrogen) atoms. The minimum Gasteiger partial charge on any atom is -0.508 e. The summed E-state index contributed by atoms with van der Waals surface area (Å²) in [5, 5.41) is 12.2. The van der Waals surface area contributed by atoms with Crippen molar-refractivity contribution in [2.24, 2.45) is 0 Å². The molecule has 0 aliphatic carbocycles. The highest BCUT2D eigenvalue weighted by atomic mass is 35.5. The molecule has 1 aromatic rings. The van der Waals surface area contributed by atoms with Crippen LogP contribution in [-0.2, 0) is 0 Å². The predicted molar refractivity (Wildman–Crippen MR) is 73.2 cm³/mol. The molecule has 1 heterocycles. The number of piperazine rings is 1. The standard InChI is InChI=1S/C13H16F4N2O.ClH/c14-11-7-9(20)1-2-10(11)12(8-13(15,16)17)19-5-3-18-4-6-19;/h1-2,7,12,18,20H,3-6,8H2;1H/t12-;/m1./s1. The molecule has 1 aliphatic rings. The van der Waals surface area contributed by atoms with Gasteiger partial charge in [-0.15, -0.1) is 12.4 Å². The molecule has 0 amide bonds. The van der Waals surface area contributed by atoms with Crippen molar-refractivity contribution in [3.8, 4) is 5.75 Å². The normalized spacial score (nSPS) is 18.1. The third-order valence-electron chi connectivity index (χ3n) is 3.36. The average molecular weight is 329 g/mol. The molecule has 0 aromatic heterocycles. The van der Waals surface area contributed by atoms with E-state index >= 15 is 0 Å². The van der Waals surface area contributed by atoms with E-state index in [1.54, 1.807) is 4.90 Å². The molecule has 3 nitrogen and oxygen atoms in total. The summed E-state index contributed by atoms with van der Waals surface area (Å²) in [7, 11) is 0. The Morgan fingerprint density at radius 1 is 1.24 bits per heavy atom. The van der Waals surface area contributed by atoms with Gasteiger partial charge in [-0.3, -0.25) is 4.90 Å². The van der Waals surface area contributed by atoms with Gasteiger partial charge in [0, 0.05) is 43.9 Å². The van der Waals surface area contributed by atoms with Crippen LogP contribution >= 0.6 is 12.4 Å². The molecule has 0 spiro atoms. The highest BCUT2D eigenvalue weighted by Crippen LogP contribution is 2.35. The topological polar surface area (TPSA) is 35.5 Å². The molecule has 1 saturated heterocycles. The van der Waals surface area contributed by atoms with Crippen molar-refractivity contribution in [3.63, 3.8) is 0 Å². The molecule has 1 aromatic carbocycles. The van der Waals surface area contributed by atoms with Gasteiger partial charge in [0.2, 0.25) is 0 Å². The zero-order valence-corrected chi connectivity index (χ0v) is 12.0. The van der Waals surface area contributed by atoms with E-state index in [1.807, 2.05) is 0 Å². The number of halogens is 5. The SMILES string of the molecule is Cl.Oc1ccc([C@@H](CC(F)(F)F)N2CCNCC2)c(F)c1. The molecule has 2 rings (SSSR count). The minimum absolute atomic E-state index is 0. The molecular formula is C13H17ClF4N2O. The maximum absolute atomic E-state index is 13.9. The third-order valence-corrected chi connectivity index (χ3v) is 3.36. The molecule has 1 atom stereocenters. The second-order valence-electron chi connectivity index (χ2n) is 4.83. The number of hydrogen-bond donors (Lipinski definition) is 2. The Labute approximate surface area is 126 Å². The second kappa shape index (κ2) is 7.29. The largest absolute Gasteiger partial charge is 0.508 e. The first kappa shape index (κ1) is 18.0. The summed E-state index contributed by atoms with van der Waals surface area (Å²) in [6.07, 6.45) is -5.48. The maximum atomic E-state index is 13.9. The van der Waals surface area contributed by atoms with Crippen LogP contribution in [0.25, 0.3) is 0 Å². The second-order valence-corrected chi connectivity index (χ2v) is 4.83. The van der Waals surface area contributed by atoms with Crippen LogP contribution in [-0.4, -0.2) is 42.4 Å². The number of aromatic hydroxyl groups is 1. The molecule has 0 unspecified atom stereocenters. The number of nitrogens with one attached hydrogen (secondary N) is 1. The fourth-order valence-electron chi connectivity index (χ4n) is 2.44. The number of phenolic OH excluding ortho intramolecular Hbond substituents is 1. The minimum atomic E-state index is -4.38. The van der Waals surface area contributed by atoms with Gasteiger partial charge in [0.15, 0.2) is 0 Å². The molecule has 120 valence electrons. The lowest BCUT2D eigenvalue weighted by Gasteiger charge is -2.35.